The maximum absolute atomic E-state index is 12.2. The zero-order chi connectivity index (χ0) is 14.7. The predicted octanol–water partition coefficient (Wildman–Crippen LogP) is 5.21. The minimum Gasteiger partial charge on any atom is -0.277 e. The van der Waals surface area contributed by atoms with Crippen molar-refractivity contribution in [2.24, 2.45) is 0 Å². The molecule has 0 unspecified atom stereocenters. The Kier molecular flexibility index (Phi) is 4.92. The number of hydrogen-bond acceptors (Lipinski definition) is 1. The first-order valence-corrected chi connectivity index (χ1v) is 7.23. The van der Waals surface area contributed by atoms with E-state index in [1.807, 2.05) is 31.2 Å². The number of hydrogen-bond donors (Lipinski definition) is 0. The second-order valence-corrected chi connectivity index (χ2v) is 5.35. The van der Waals surface area contributed by atoms with Crippen molar-refractivity contribution in [3.63, 3.8) is 0 Å². The Balaban J connectivity index is 2.59. The van der Waals surface area contributed by atoms with Gasteiger partial charge < -0.3 is 0 Å². The highest BCUT2D eigenvalue weighted by atomic mass is 35.5. The van der Waals surface area contributed by atoms with Crippen LogP contribution in [0.15, 0.2) is 42.5 Å². The topological polar surface area (TPSA) is 20.3 Å². The summed E-state index contributed by atoms with van der Waals surface area (Å²) in [5.41, 5.74) is 2.22. The first-order chi connectivity index (χ1) is 9.54. The first kappa shape index (κ1) is 15.2. The lowest BCUT2D eigenvalue weighted by Crippen LogP contribution is -2.27. The number of para-hydroxylation sites is 1. The van der Waals surface area contributed by atoms with E-state index in [0.717, 1.165) is 5.56 Å². The molecule has 0 aliphatic heterocycles. The molecule has 0 atom stereocenters. The average Bonchev–Trinajstić information content (AvgIpc) is 2.44. The number of aryl methyl sites for hydroxylation is 1. The quantitative estimate of drug-likeness (QED) is 0.709. The van der Waals surface area contributed by atoms with Crippen LogP contribution in [0.4, 0.5) is 11.4 Å². The SMILES string of the molecule is Cc1ccc(N(C(=O)CCl)c2c(Cl)cccc2Cl)cc1. The Morgan fingerprint density at radius 1 is 1.05 bits per heavy atom. The molecule has 0 saturated carbocycles. The van der Waals surface area contributed by atoms with E-state index in [1.54, 1.807) is 18.2 Å². The number of benzene rings is 2. The number of anilines is 2. The molecule has 0 saturated heterocycles. The van der Waals surface area contributed by atoms with Crippen LogP contribution in [0.25, 0.3) is 0 Å². The van der Waals surface area contributed by atoms with Crippen molar-refractivity contribution in [1.82, 2.24) is 0 Å². The Morgan fingerprint density at radius 2 is 1.60 bits per heavy atom. The van der Waals surface area contributed by atoms with Gasteiger partial charge in [0.1, 0.15) is 5.88 Å². The van der Waals surface area contributed by atoms with Crippen LogP contribution in [0.5, 0.6) is 0 Å². The van der Waals surface area contributed by atoms with Crippen molar-refractivity contribution in [2.75, 3.05) is 10.8 Å². The summed E-state index contributed by atoms with van der Waals surface area (Å²) in [5, 5.41) is 0.799. The molecule has 1 amide bonds. The third-order valence-corrected chi connectivity index (χ3v) is 3.66. The van der Waals surface area contributed by atoms with Crippen LogP contribution < -0.4 is 4.90 Å². The third kappa shape index (κ3) is 3.09. The monoisotopic (exact) mass is 327 g/mol. The molecule has 0 heterocycles. The number of nitrogens with zero attached hydrogens (tertiary/aromatic N) is 1. The molecular formula is C15H12Cl3NO. The molecular weight excluding hydrogens is 317 g/mol. The van der Waals surface area contributed by atoms with Gasteiger partial charge in [-0.25, -0.2) is 0 Å². The molecule has 0 fully saturated rings. The minimum atomic E-state index is -0.287. The van der Waals surface area contributed by atoms with Gasteiger partial charge in [0, 0.05) is 5.69 Å². The van der Waals surface area contributed by atoms with Crippen LogP contribution in [-0.2, 0) is 4.79 Å². The zero-order valence-electron chi connectivity index (χ0n) is 10.7. The molecule has 2 aromatic rings. The summed E-state index contributed by atoms with van der Waals surface area (Å²) >= 11 is 18.1. The van der Waals surface area contributed by atoms with E-state index in [9.17, 15) is 4.79 Å². The third-order valence-electron chi connectivity index (χ3n) is 2.82. The molecule has 2 aromatic carbocycles. The molecule has 0 bridgehead atoms. The van der Waals surface area contributed by atoms with Crippen molar-refractivity contribution < 1.29 is 4.79 Å². The summed E-state index contributed by atoms with van der Waals surface area (Å²) in [7, 11) is 0. The molecule has 0 aliphatic carbocycles. The van der Waals surface area contributed by atoms with Crippen molar-refractivity contribution in [2.45, 2.75) is 6.92 Å². The number of rotatable bonds is 3. The van der Waals surface area contributed by atoms with Gasteiger partial charge >= 0.3 is 0 Å². The van der Waals surface area contributed by atoms with Crippen molar-refractivity contribution in [1.29, 1.82) is 0 Å². The first-order valence-electron chi connectivity index (χ1n) is 5.94. The lowest BCUT2D eigenvalue weighted by Gasteiger charge is -2.24. The Bertz CT molecular complexity index is 605. The molecule has 2 nitrogen and oxygen atoms in total. The van der Waals surface area contributed by atoms with E-state index in [1.165, 1.54) is 4.90 Å². The summed E-state index contributed by atoms with van der Waals surface area (Å²) in [5.74, 6) is -0.444. The lowest BCUT2D eigenvalue weighted by molar-refractivity contribution is -0.115. The van der Waals surface area contributed by atoms with E-state index in [0.29, 0.717) is 21.4 Å². The Hall–Kier alpha value is -1.22. The highest BCUT2D eigenvalue weighted by molar-refractivity contribution is 6.41. The van der Waals surface area contributed by atoms with Crippen molar-refractivity contribution >= 4 is 52.1 Å². The molecule has 2 rings (SSSR count). The smallest absolute Gasteiger partial charge is 0.246 e. The molecule has 5 heteroatoms. The number of carbonyl (C=O) groups excluding carboxylic acids is 1. The summed E-state index contributed by atoms with van der Waals surface area (Å²) < 4.78 is 0. The fourth-order valence-electron chi connectivity index (χ4n) is 1.85. The van der Waals surface area contributed by atoms with E-state index in [-0.39, 0.29) is 11.8 Å². The molecule has 0 aromatic heterocycles. The second-order valence-electron chi connectivity index (χ2n) is 4.27. The highest BCUT2D eigenvalue weighted by Gasteiger charge is 2.22. The van der Waals surface area contributed by atoms with Gasteiger partial charge in [-0.2, -0.15) is 0 Å². The van der Waals surface area contributed by atoms with Gasteiger partial charge in [0.2, 0.25) is 5.91 Å². The number of alkyl halides is 1. The van der Waals surface area contributed by atoms with Gasteiger partial charge in [0.05, 0.1) is 15.7 Å². The Labute approximate surface area is 132 Å². The minimum absolute atomic E-state index is 0.157. The molecule has 20 heavy (non-hydrogen) atoms. The molecule has 0 N–H and O–H groups in total. The summed E-state index contributed by atoms with van der Waals surface area (Å²) in [4.78, 5) is 13.6. The number of halogens is 3. The van der Waals surface area contributed by atoms with Gasteiger partial charge in [-0.05, 0) is 31.2 Å². The van der Waals surface area contributed by atoms with Crippen LogP contribution in [-0.4, -0.2) is 11.8 Å². The summed E-state index contributed by atoms with van der Waals surface area (Å²) in [6, 6.07) is 12.6. The van der Waals surface area contributed by atoms with E-state index in [2.05, 4.69) is 0 Å². The van der Waals surface area contributed by atoms with Gasteiger partial charge in [-0.15, -0.1) is 11.6 Å². The maximum Gasteiger partial charge on any atom is 0.246 e. The van der Waals surface area contributed by atoms with Crippen LogP contribution in [0.3, 0.4) is 0 Å². The molecule has 0 aliphatic rings. The van der Waals surface area contributed by atoms with Crippen LogP contribution >= 0.6 is 34.8 Å². The zero-order valence-corrected chi connectivity index (χ0v) is 13.0. The number of amides is 1. The highest BCUT2D eigenvalue weighted by Crippen LogP contribution is 2.38. The van der Waals surface area contributed by atoms with Crippen LogP contribution in [0.2, 0.25) is 10.0 Å². The summed E-state index contributed by atoms with van der Waals surface area (Å²) in [6.45, 7) is 1.97. The van der Waals surface area contributed by atoms with Gasteiger partial charge in [-0.1, -0.05) is 47.0 Å². The van der Waals surface area contributed by atoms with E-state index < -0.39 is 0 Å². The fraction of sp³-hybridized carbons (Fsp3) is 0.133. The number of carbonyl (C=O) groups is 1. The molecule has 0 spiro atoms. The van der Waals surface area contributed by atoms with Crippen molar-refractivity contribution in [3.8, 4) is 0 Å². The predicted molar refractivity (Wildman–Crippen MR) is 85.5 cm³/mol. The maximum atomic E-state index is 12.2. The van der Waals surface area contributed by atoms with E-state index >= 15 is 0 Å². The average molecular weight is 329 g/mol. The standard InChI is InChI=1S/C15H12Cl3NO/c1-10-5-7-11(8-6-10)19(14(20)9-16)15-12(17)3-2-4-13(15)18/h2-8H,9H2,1H3. The van der Waals surface area contributed by atoms with Gasteiger partial charge in [0.25, 0.3) is 0 Å². The van der Waals surface area contributed by atoms with Gasteiger partial charge in [0.15, 0.2) is 0 Å². The van der Waals surface area contributed by atoms with Crippen LogP contribution in [0.1, 0.15) is 5.56 Å². The Morgan fingerprint density at radius 3 is 2.10 bits per heavy atom. The summed E-state index contributed by atoms with van der Waals surface area (Å²) in [6.07, 6.45) is 0. The largest absolute Gasteiger partial charge is 0.277 e. The second kappa shape index (κ2) is 6.49. The van der Waals surface area contributed by atoms with Crippen molar-refractivity contribution in [3.05, 3.63) is 58.1 Å². The molecule has 104 valence electrons. The molecule has 0 radical (unpaired) electrons. The normalized spacial score (nSPS) is 10.4. The van der Waals surface area contributed by atoms with Crippen LogP contribution in [0, 0.1) is 6.92 Å². The van der Waals surface area contributed by atoms with Gasteiger partial charge in [-0.3, -0.25) is 9.69 Å². The van der Waals surface area contributed by atoms with E-state index in [4.69, 9.17) is 34.8 Å². The fourth-order valence-corrected chi connectivity index (χ4v) is 2.54. The lowest BCUT2D eigenvalue weighted by atomic mass is 10.2.